The maximum Gasteiger partial charge on any atom is 0.276 e. The van der Waals surface area contributed by atoms with Gasteiger partial charge in [0, 0.05) is 36.3 Å². The molecule has 2 aromatic carbocycles. The number of hydrogen-bond donors (Lipinski definition) is 3. The maximum absolute atomic E-state index is 12.8. The number of nitrogens with zero attached hydrogens (tertiary/aromatic N) is 4. The smallest absolute Gasteiger partial charge is 0.276 e. The number of carbonyl (C=O) groups excluding carboxylic acids is 1. The molecule has 5 rings (SSSR count). The van der Waals surface area contributed by atoms with E-state index in [4.69, 9.17) is 5.73 Å². The first-order chi connectivity index (χ1) is 14.5. The Kier molecular flexibility index (Phi) is 4.48. The predicted octanol–water partition coefficient (Wildman–Crippen LogP) is 2.67. The van der Waals surface area contributed by atoms with Crippen LogP contribution in [0.3, 0.4) is 0 Å². The van der Waals surface area contributed by atoms with Gasteiger partial charge in [0.15, 0.2) is 5.69 Å². The van der Waals surface area contributed by atoms with Crippen LogP contribution >= 0.6 is 0 Å². The Hall–Kier alpha value is -3.65. The Labute approximate surface area is 173 Å². The van der Waals surface area contributed by atoms with Crippen molar-refractivity contribution in [2.75, 3.05) is 31.2 Å². The number of benzene rings is 2. The SMILES string of the molecule is CN1CC(c2ccc3c(C(=O)Nc4cnn(Cc5cccc(N)c5)c4)n[nH]c3c2)C1. The molecule has 3 heterocycles. The van der Waals surface area contributed by atoms with E-state index in [0.717, 1.165) is 29.6 Å². The summed E-state index contributed by atoms with van der Waals surface area (Å²) in [5.74, 6) is 0.284. The molecule has 1 fully saturated rings. The lowest BCUT2D eigenvalue weighted by molar-refractivity contribution is 0.102. The number of nitrogens with two attached hydrogens (primary N) is 1. The summed E-state index contributed by atoms with van der Waals surface area (Å²) in [6.07, 6.45) is 3.42. The van der Waals surface area contributed by atoms with Crippen molar-refractivity contribution < 1.29 is 4.79 Å². The third-order valence-electron chi connectivity index (χ3n) is 5.52. The highest BCUT2D eigenvalue weighted by molar-refractivity contribution is 6.11. The summed E-state index contributed by atoms with van der Waals surface area (Å²) in [7, 11) is 2.12. The number of aromatic nitrogens is 4. The lowest BCUT2D eigenvalue weighted by Crippen LogP contribution is -2.41. The molecule has 0 saturated carbocycles. The summed E-state index contributed by atoms with van der Waals surface area (Å²) in [5, 5.41) is 15.3. The number of rotatable bonds is 5. The highest BCUT2D eigenvalue weighted by Crippen LogP contribution is 2.28. The number of amides is 1. The second kappa shape index (κ2) is 7.31. The molecule has 4 N–H and O–H groups in total. The van der Waals surface area contributed by atoms with Gasteiger partial charge >= 0.3 is 0 Å². The van der Waals surface area contributed by atoms with E-state index in [2.05, 4.69) is 44.7 Å². The molecule has 30 heavy (non-hydrogen) atoms. The maximum atomic E-state index is 12.8. The molecular formula is C22H23N7O. The quantitative estimate of drug-likeness (QED) is 0.446. The second-order valence-corrected chi connectivity index (χ2v) is 7.92. The van der Waals surface area contributed by atoms with E-state index in [0.29, 0.717) is 29.5 Å². The van der Waals surface area contributed by atoms with Gasteiger partial charge in [0.1, 0.15) is 0 Å². The van der Waals surface area contributed by atoms with Gasteiger partial charge in [-0.15, -0.1) is 0 Å². The molecule has 8 nitrogen and oxygen atoms in total. The molecule has 1 aliphatic rings. The zero-order chi connectivity index (χ0) is 20.7. The van der Waals surface area contributed by atoms with Gasteiger partial charge < -0.3 is 16.0 Å². The van der Waals surface area contributed by atoms with Crippen molar-refractivity contribution in [3.8, 4) is 0 Å². The van der Waals surface area contributed by atoms with Crippen LogP contribution < -0.4 is 11.1 Å². The lowest BCUT2D eigenvalue weighted by atomic mass is 9.91. The number of nitrogen functional groups attached to an aromatic ring is 1. The van der Waals surface area contributed by atoms with Gasteiger partial charge in [0.05, 0.1) is 23.9 Å². The third kappa shape index (κ3) is 3.53. The van der Waals surface area contributed by atoms with Crippen molar-refractivity contribution >= 4 is 28.2 Å². The van der Waals surface area contributed by atoms with E-state index in [1.54, 1.807) is 17.1 Å². The summed E-state index contributed by atoms with van der Waals surface area (Å²) in [6.45, 7) is 2.70. The Morgan fingerprint density at radius 1 is 1.27 bits per heavy atom. The Balaban J connectivity index is 1.29. The van der Waals surface area contributed by atoms with E-state index in [1.807, 2.05) is 30.3 Å². The zero-order valence-corrected chi connectivity index (χ0v) is 16.7. The van der Waals surface area contributed by atoms with E-state index >= 15 is 0 Å². The molecule has 8 heteroatoms. The topological polar surface area (TPSA) is 105 Å². The molecule has 4 aromatic rings. The van der Waals surface area contributed by atoms with Gasteiger partial charge in [-0.3, -0.25) is 14.6 Å². The molecular weight excluding hydrogens is 378 g/mol. The Bertz CT molecular complexity index is 1220. The van der Waals surface area contributed by atoms with Crippen LogP contribution in [0.4, 0.5) is 11.4 Å². The third-order valence-corrected chi connectivity index (χ3v) is 5.52. The number of H-pyrrole nitrogens is 1. The number of carbonyl (C=O) groups is 1. The molecule has 1 saturated heterocycles. The van der Waals surface area contributed by atoms with Gasteiger partial charge in [0.25, 0.3) is 5.91 Å². The highest BCUT2D eigenvalue weighted by Gasteiger charge is 2.25. The second-order valence-electron chi connectivity index (χ2n) is 7.92. The van der Waals surface area contributed by atoms with Crippen LogP contribution in [0.2, 0.25) is 0 Å². The van der Waals surface area contributed by atoms with E-state index in [-0.39, 0.29) is 5.91 Å². The number of nitrogens with one attached hydrogen (secondary N) is 2. The minimum atomic E-state index is -0.263. The van der Waals surface area contributed by atoms with Gasteiger partial charge in [-0.25, -0.2) is 0 Å². The number of likely N-dealkylation sites (tertiary alicyclic amines) is 1. The van der Waals surface area contributed by atoms with Crippen LogP contribution in [0.5, 0.6) is 0 Å². The molecule has 0 radical (unpaired) electrons. The van der Waals surface area contributed by atoms with Gasteiger partial charge in [-0.1, -0.05) is 24.3 Å². The monoisotopic (exact) mass is 401 g/mol. The minimum Gasteiger partial charge on any atom is -0.399 e. The summed E-state index contributed by atoms with van der Waals surface area (Å²) < 4.78 is 1.76. The van der Waals surface area contributed by atoms with E-state index in [1.165, 1.54) is 5.56 Å². The van der Waals surface area contributed by atoms with E-state index < -0.39 is 0 Å². The number of hydrogen-bond acceptors (Lipinski definition) is 5. The van der Waals surface area contributed by atoms with Crippen molar-refractivity contribution in [2.45, 2.75) is 12.5 Å². The summed E-state index contributed by atoms with van der Waals surface area (Å²) >= 11 is 0. The fourth-order valence-corrected chi connectivity index (χ4v) is 3.96. The Morgan fingerprint density at radius 2 is 2.13 bits per heavy atom. The van der Waals surface area contributed by atoms with Crippen LogP contribution in [-0.2, 0) is 6.54 Å². The zero-order valence-electron chi connectivity index (χ0n) is 16.7. The van der Waals surface area contributed by atoms with Crippen LogP contribution in [0.1, 0.15) is 27.5 Å². The highest BCUT2D eigenvalue weighted by atomic mass is 16.2. The van der Waals surface area contributed by atoms with Crippen LogP contribution in [-0.4, -0.2) is 50.9 Å². The number of fused-ring (bicyclic) bond motifs is 1. The number of anilines is 2. The van der Waals surface area contributed by atoms with Crippen molar-refractivity contribution in [2.24, 2.45) is 0 Å². The fourth-order valence-electron chi connectivity index (χ4n) is 3.96. The van der Waals surface area contributed by atoms with Crippen molar-refractivity contribution in [1.29, 1.82) is 0 Å². The molecule has 1 aliphatic heterocycles. The first-order valence-corrected chi connectivity index (χ1v) is 9.90. The number of likely N-dealkylation sites (N-methyl/N-ethyl adjacent to an activating group) is 1. The average Bonchev–Trinajstić information content (AvgIpc) is 3.31. The van der Waals surface area contributed by atoms with Gasteiger partial charge in [-0.2, -0.15) is 10.2 Å². The van der Waals surface area contributed by atoms with Gasteiger partial charge in [-0.05, 0) is 36.4 Å². The first kappa shape index (κ1) is 18.4. The molecule has 1 amide bonds. The molecule has 0 unspecified atom stereocenters. The van der Waals surface area contributed by atoms with Crippen molar-refractivity contribution in [1.82, 2.24) is 24.9 Å². The number of aromatic amines is 1. The van der Waals surface area contributed by atoms with E-state index in [9.17, 15) is 4.79 Å². The summed E-state index contributed by atoms with van der Waals surface area (Å²) in [5.41, 5.74) is 10.7. The largest absolute Gasteiger partial charge is 0.399 e. The Morgan fingerprint density at radius 3 is 2.93 bits per heavy atom. The molecule has 0 aliphatic carbocycles. The molecule has 2 aromatic heterocycles. The van der Waals surface area contributed by atoms with Crippen molar-refractivity contribution in [3.05, 3.63) is 71.7 Å². The van der Waals surface area contributed by atoms with Crippen LogP contribution in [0.15, 0.2) is 54.9 Å². The van der Waals surface area contributed by atoms with Crippen molar-refractivity contribution in [3.63, 3.8) is 0 Å². The lowest BCUT2D eigenvalue weighted by Gasteiger charge is -2.36. The standard InChI is InChI=1S/C22H23N7O/c1-28-11-16(12-28)15-5-6-19-20(8-15)26-27-21(19)22(30)25-18-9-24-29(13-18)10-14-3-2-4-17(23)7-14/h2-9,13,16H,10-12,23H2,1H3,(H,25,30)(H,26,27). The molecule has 0 atom stereocenters. The first-order valence-electron chi connectivity index (χ1n) is 9.90. The minimum absolute atomic E-state index is 0.263. The fraction of sp³-hybridized carbons (Fsp3) is 0.227. The normalized spacial score (nSPS) is 14.7. The van der Waals surface area contributed by atoms with Gasteiger partial charge in [0.2, 0.25) is 0 Å². The van der Waals surface area contributed by atoms with Crippen LogP contribution in [0, 0.1) is 0 Å². The summed E-state index contributed by atoms with van der Waals surface area (Å²) in [6, 6.07) is 13.8. The van der Waals surface area contributed by atoms with Crippen LogP contribution in [0.25, 0.3) is 10.9 Å². The average molecular weight is 401 g/mol. The predicted molar refractivity (Wildman–Crippen MR) is 116 cm³/mol. The summed E-state index contributed by atoms with van der Waals surface area (Å²) in [4.78, 5) is 15.1. The molecule has 0 spiro atoms. The molecule has 0 bridgehead atoms. The molecule has 152 valence electrons.